The van der Waals surface area contributed by atoms with Gasteiger partial charge in [0.25, 0.3) is 0 Å². The molecule has 3 nitrogen and oxygen atoms in total. The average molecular weight is 440 g/mol. The molecule has 1 aromatic rings. The van der Waals surface area contributed by atoms with Crippen molar-refractivity contribution in [2.75, 3.05) is 13.1 Å². The third-order valence-electron chi connectivity index (χ3n) is 3.35. The van der Waals surface area contributed by atoms with Crippen LogP contribution in [0.5, 0.6) is 0 Å². The molecule has 0 aliphatic carbocycles. The van der Waals surface area contributed by atoms with E-state index >= 15 is 0 Å². The van der Waals surface area contributed by atoms with Gasteiger partial charge in [-0.15, -0.1) is 11.1 Å². The maximum Gasteiger partial charge on any atom is 0.244 e. The van der Waals surface area contributed by atoms with Crippen molar-refractivity contribution in [3.05, 3.63) is 29.8 Å². The van der Waals surface area contributed by atoms with Gasteiger partial charge >= 0.3 is 0 Å². The standard InChI is InChI=1S/C23H29NO2SSi2/c1-22-14-16-23(17-15-22)27(25,26)24(18-10-8-12-20-28(2,3)4)19-11-9-13-21-29(5,6)7/h14-17H,18-19H2,1-7H3. The van der Waals surface area contributed by atoms with Gasteiger partial charge in [-0.1, -0.05) is 68.8 Å². The summed E-state index contributed by atoms with van der Waals surface area (Å²) in [6, 6.07) is 6.77. The van der Waals surface area contributed by atoms with Crippen LogP contribution in [-0.2, 0) is 10.0 Å². The Hall–Kier alpha value is -2.20. The minimum atomic E-state index is -3.70. The van der Waals surface area contributed by atoms with Crippen LogP contribution in [0.1, 0.15) is 5.56 Å². The maximum atomic E-state index is 13.0. The van der Waals surface area contributed by atoms with Crippen molar-refractivity contribution >= 4 is 26.2 Å². The largest absolute Gasteiger partial charge is 0.244 e. The topological polar surface area (TPSA) is 37.4 Å². The van der Waals surface area contributed by atoms with Crippen molar-refractivity contribution in [2.24, 2.45) is 0 Å². The summed E-state index contributed by atoms with van der Waals surface area (Å²) in [6.07, 6.45) is 0. The van der Waals surface area contributed by atoms with Crippen molar-refractivity contribution in [2.45, 2.75) is 51.1 Å². The predicted octanol–water partition coefficient (Wildman–Crippen LogP) is 3.75. The molecule has 6 heteroatoms. The fourth-order valence-electron chi connectivity index (χ4n) is 1.87. The van der Waals surface area contributed by atoms with E-state index in [0.29, 0.717) is 0 Å². The molecule has 0 fully saturated rings. The van der Waals surface area contributed by atoms with Gasteiger partial charge in [0.2, 0.25) is 10.0 Å². The number of aryl methyl sites for hydroxylation is 1. The molecule has 0 spiro atoms. The molecule has 0 unspecified atom stereocenters. The molecular weight excluding hydrogens is 410 g/mol. The van der Waals surface area contributed by atoms with E-state index < -0.39 is 26.2 Å². The number of sulfonamides is 1. The predicted molar refractivity (Wildman–Crippen MR) is 128 cm³/mol. The van der Waals surface area contributed by atoms with Gasteiger partial charge in [-0.05, 0) is 42.7 Å². The van der Waals surface area contributed by atoms with Crippen LogP contribution in [0.2, 0.25) is 39.3 Å². The summed E-state index contributed by atoms with van der Waals surface area (Å²) in [4.78, 5) is 0.230. The Morgan fingerprint density at radius 2 is 1.17 bits per heavy atom. The second-order valence-corrected chi connectivity index (χ2v) is 20.1. The van der Waals surface area contributed by atoms with Crippen LogP contribution >= 0.6 is 0 Å². The van der Waals surface area contributed by atoms with Crippen molar-refractivity contribution in [3.63, 3.8) is 0 Å². The fourth-order valence-corrected chi connectivity index (χ4v) is 3.99. The van der Waals surface area contributed by atoms with Crippen LogP contribution in [0.15, 0.2) is 29.2 Å². The smallest absolute Gasteiger partial charge is 0.207 e. The van der Waals surface area contributed by atoms with E-state index in [1.54, 1.807) is 24.3 Å². The first kappa shape index (κ1) is 24.8. The van der Waals surface area contributed by atoms with Gasteiger partial charge in [0.05, 0.1) is 18.0 Å². The molecule has 0 amide bonds. The lowest BCUT2D eigenvalue weighted by molar-refractivity contribution is 0.482. The zero-order valence-electron chi connectivity index (χ0n) is 18.4. The highest BCUT2D eigenvalue weighted by atomic mass is 32.2. The Morgan fingerprint density at radius 1 is 0.759 bits per heavy atom. The van der Waals surface area contributed by atoms with Crippen LogP contribution < -0.4 is 0 Å². The molecule has 0 atom stereocenters. The minimum Gasteiger partial charge on any atom is -0.207 e. The Labute approximate surface area is 179 Å². The van der Waals surface area contributed by atoms with Crippen molar-refractivity contribution < 1.29 is 8.42 Å². The Bertz CT molecular complexity index is 1010. The molecule has 29 heavy (non-hydrogen) atoms. The quantitative estimate of drug-likeness (QED) is 0.529. The summed E-state index contributed by atoms with van der Waals surface area (Å²) in [6.45, 7) is 14.8. The molecule has 0 saturated heterocycles. The maximum absolute atomic E-state index is 13.0. The summed E-state index contributed by atoms with van der Waals surface area (Å²) in [5, 5.41) is 0. The molecule has 0 bridgehead atoms. The van der Waals surface area contributed by atoms with Gasteiger partial charge in [-0.2, -0.15) is 4.31 Å². The molecule has 0 radical (unpaired) electrons. The van der Waals surface area contributed by atoms with E-state index in [4.69, 9.17) is 0 Å². The Balaban J connectivity index is 3.12. The van der Waals surface area contributed by atoms with Crippen LogP contribution in [0.3, 0.4) is 0 Å². The molecule has 0 aromatic heterocycles. The van der Waals surface area contributed by atoms with E-state index in [-0.39, 0.29) is 18.0 Å². The Kier molecular flexibility index (Phi) is 9.03. The first-order valence-corrected chi connectivity index (χ1v) is 17.8. The minimum absolute atomic E-state index is 0.0344. The van der Waals surface area contributed by atoms with Gasteiger partial charge in [0.15, 0.2) is 0 Å². The zero-order valence-corrected chi connectivity index (χ0v) is 21.2. The van der Waals surface area contributed by atoms with Crippen molar-refractivity contribution in [1.29, 1.82) is 0 Å². The molecule has 0 aliphatic heterocycles. The highest BCUT2D eigenvalue weighted by molar-refractivity contribution is 7.89. The SMILES string of the molecule is Cc1ccc(S(=O)(=O)N(CC#CC#C[Si](C)(C)C)CC#CC#C[Si](C)(C)C)cc1. The number of rotatable bonds is 4. The van der Waals surface area contributed by atoms with Gasteiger partial charge in [0.1, 0.15) is 16.1 Å². The normalized spacial score (nSPS) is 11.0. The third-order valence-corrected chi connectivity index (χ3v) is 6.90. The molecule has 0 N–H and O–H groups in total. The molecule has 0 saturated carbocycles. The molecule has 1 rings (SSSR count). The van der Waals surface area contributed by atoms with E-state index in [0.717, 1.165) is 5.56 Å². The summed E-state index contributed by atoms with van der Waals surface area (Å²) in [5.74, 6) is 17.0. The molecular formula is C23H29NO2SSi2. The van der Waals surface area contributed by atoms with Gasteiger partial charge in [-0.3, -0.25) is 0 Å². The molecule has 152 valence electrons. The fraction of sp³-hybridized carbons (Fsp3) is 0.391. The number of benzene rings is 1. The average Bonchev–Trinajstić information content (AvgIpc) is 2.57. The van der Waals surface area contributed by atoms with Gasteiger partial charge in [0, 0.05) is 0 Å². The second kappa shape index (κ2) is 10.5. The Morgan fingerprint density at radius 3 is 1.55 bits per heavy atom. The van der Waals surface area contributed by atoms with Crippen LogP contribution in [0.4, 0.5) is 0 Å². The highest BCUT2D eigenvalue weighted by Gasteiger charge is 2.22. The monoisotopic (exact) mass is 439 g/mol. The molecule has 1 aromatic carbocycles. The van der Waals surface area contributed by atoms with E-state index in [2.05, 4.69) is 85.9 Å². The summed E-state index contributed by atoms with van der Waals surface area (Å²) in [7, 11) is -6.71. The number of hydrogen-bond acceptors (Lipinski definition) is 2. The lowest BCUT2D eigenvalue weighted by atomic mass is 10.2. The first-order valence-electron chi connectivity index (χ1n) is 9.38. The van der Waals surface area contributed by atoms with Crippen molar-refractivity contribution in [1.82, 2.24) is 4.31 Å². The molecule has 0 aliphatic rings. The van der Waals surface area contributed by atoms with E-state index in [1.807, 2.05) is 6.92 Å². The lowest BCUT2D eigenvalue weighted by Gasteiger charge is -2.17. The molecule has 0 heterocycles. The van der Waals surface area contributed by atoms with Crippen molar-refractivity contribution in [3.8, 4) is 46.6 Å². The first-order chi connectivity index (χ1) is 13.3. The van der Waals surface area contributed by atoms with Gasteiger partial charge in [-0.25, -0.2) is 8.42 Å². The number of hydrogen-bond donors (Lipinski definition) is 0. The second-order valence-electron chi connectivity index (χ2n) is 8.69. The van der Waals surface area contributed by atoms with Crippen LogP contribution in [0, 0.1) is 53.5 Å². The highest BCUT2D eigenvalue weighted by Crippen LogP contribution is 2.15. The van der Waals surface area contributed by atoms with Gasteiger partial charge < -0.3 is 0 Å². The number of nitrogens with zero attached hydrogens (tertiary/aromatic N) is 1. The van der Waals surface area contributed by atoms with E-state index in [1.165, 1.54) is 4.31 Å². The lowest BCUT2D eigenvalue weighted by Crippen LogP contribution is -2.32. The zero-order chi connectivity index (χ0) is 22.1. The summed E-state index contributed by atoms with van der Waals surface area (Å²) in [5.41, 5.74) is 7.30. The van der Waals surface area contributed by atoms with Crippen LogP contribution in [-0.4, -0.2) is 42.0 Å². The summed E-state index contributed by atoms with van der Waals surface area (Å²) < 4.78 is 27.3. The third kappa shape index (κ3) is 10.2. The summed E-state index contributed by atoms with van der Waals surface area (Å²) >= 11 is 0. The van der Waals surface area contributed by atoms with Crippen LogP contribution in [0.25, 0.3) is 0 Å². The van der Waals surface area contributed by atoms with E-state index in [9.17, 15) is 8.42 Å².